The van der Waals surface area contributed by atoms with Crippen LogP contribution in [-0.4, -0.2) is 13.1 Å². The summed E-state index contributed by atoms with van der Waals surface area (Å²) in [7, 11) is 1.56. The molecule has 0 unspecified atom stereocenters. The third kappa shape index (κ3) is 3.98. The average molecular weight is 273 g/mol. The molecule has 0 heterocycles. The topological polar surface area (TPSA) is 53.2 Å². The zero-order chi connectivity index (χ0) is 14.4. The van der Waals surface area contributed by atoms with Crippen molar-refractivity contribution in [3.05, 3.63) is 59.9 Å². The van der Waals surface area contributed by atoms with Crippen molar-refractivity contribution < 1.29 is 9.18 Å². The zero-order valence-electron chi connectivity index (χ0n) is 11.1. The maximum atomic E-state index is 13.0. The lowest BCUT2D eigenvalue weighted by atomic mass is 10.2. The molecule has 0 bridgehead atoms. The van der Waals surface area contributed by atoms with E-state index in [1.165, 1.54) is 12.1 Å². The van der Waals surface area contributed by atoms with Crippen LogP contribution in [0.15, 0.2) is 48.5 Å². The molecule has 0 saturated heterocycles. The van der Waals surface area contributed by atoms with Crippen LogP contribution in [0.1, 0.15) is 5.56 Å². The Bertz CT molecular complexity index is 584. The number of nitrogens with one attached hydrogen (secondary N) is 3. The maximum Gasteiger partial charge on any atom is 0.318 e. The van der Waals surface area contributed by atoms with Gasteiger partial charge in [0.2, 0.25) is 0 Å². The number of carbonyl (C=O) groups excluding carboxylic acids is 1. The van der Waals surface area contributed by atoms with E-state index in [9.17, 15) is 9.18 Å². The van der Waals surface area contributed by atoms with Gasteiger partial charge in [0.25, 0.3) is 0 Å². The number of hydrogen-bond acceptors (Lipinski definition) is 2. The van der Waals surface area contributed by atoms with Gasteiger partial charge in [0.05, 0.1) is 0 Å². The second-order valence-corrected chi connectivity index (χ2v) is 4.26. The smallest absolute Gasteiger partial charge is 0.318 e. The predicted molar refractivity (Wildman–Crippen MR) is 78.2 cm³/mol. The zero-order valence-corrected chi connectivity index (χ0v) is 11.1. The first-order valence-electron chi connectivity index (χ1n) is 6.24. The minimum atomic E-state index is -0.259. The molecule has 2 aromatic rings. The minimum Gasteiger partial charge on any atom is -0.381 e. The van der Waals surface area contributed by atoms with E-state index in [-0.39, 0.29) is 11.8 Å². The lowest BCUT2D eigenvalue weighted by molar-refractivity contribution is 0.254. The number of hydrogen-bond donors (Lipinski definition) is 3. The van der Waals surface area contributed by atoms with Crippen molar-refractivity contribution in [1.29, 1.82) is 0 Å². The van der Waals surface area contributed by atoms with E-state index in [4.69, 9.17) is 0 Å². The Labute approximate surface area is 117 Å². The van der Waals surface area contributed by atoms with Crippen molar-refractivity contribution in [2.75, 3.05) is 17.7 Å². The summed E-state index contributed by atoms with van der Waals surface area (Å²) in [5.74, 6) is -0.241. The van der Waals surface area contributed by atoms with E-state index in [2.05, 4.69) is 16.0 Å². The Morgan fingerprint density at radius 3 is 2.45 bits per heavy atom. The largest absolute Gasteiger partial charge is 0.381 e. The molecule has 0 aliphatic carbocycles. The van der Waals surface area contributed by atoms with Crippen molar-refractivity contribution >= 4 is 17.4 Å². The SMILES string of the molecule is CNC(=O)Nc1ccc(NCc2cccc(F)c2)cc1. The third-order valence-electron chi connectivity index (χ3n) is 2.76. The fourth-order valence-corrected chi connectivity index (χ4v) is 1.72. The molecule has 0 fully saturated rings. The molecule has 0 spiro atoms. The van der Waals surface area contributed by atoms with E-state index in [1.807, 2.05) is 18.2 Å². The summed E-state index contributed by atoms with van der Waals surface area (Å²) in [6, 6.07) is 13.5. The Morgan fingerprint density at radius 1 is 1.10 bits per heavy atom. The van der Waals surface area contributed by atoms with Gasteiger partial charge in [0.1, 0.15) is 5.82 Å². The Balaban J connectivity index is 1.92. The highest BCUT2D eigenvalue weighted by atomic mass is 19.1. The number of benzene rings is 2. The van der Waals surface area contributed by atoms with Crippen LogP contribution in [-0.2, 0) is 6.54 Å². The van der Waals surface area contributed by atoms with Gasteiger partial charge in [-0.2, -0.15) is 0 Å². The van der Waals surface area contributed by atoms with Crippen LogP contribution >= 0.6 is 0 Å². The first-order valence-corrected chi connectivity index (χ1v) is 6.24. The molecule has 4 nitrogen and oxygen atoms in total. The number of rotatable bonds is 4. The van der Waals surface area contributed by atoms with Crippen molar-refractivity contribution in [3.8, 4) is 0 Å². The van der Waals surface area contributed by atoms with Gasteiger partial charge in [-0.05, 0) is 42.0 Å². The molecule has 0 aliphatic rings. The molecule has 2 amide bonds. The summed E-state index contributed by atoms with van der Waals surface area (Å²) < 4.78 is 13.0. The van der Waals surface area contributed by atoms with Gasteiger partial charge in [0.15, 0.2) is 0 Å². The molecule has 0 saturated carbocycles. The van der Waals surface area contributed by atoms with Gasteiger partial charge >= 0.3 is 6.03 Å². The van der Waals surface area contributed by atoms with Crippen LogP contribution in [0.3, 0.4) is 0 Å². The number of anilines is 2. The molecule has 3 N–H and O–H groups in total. The molecule has 0 aromatic heterocycles. The molecule has 104 valence electrons. The minimum absolute atomic E-state index is 0.241. The first-order chi connectivity index (χ1) is 9.67. The van der Waals surface area contributed by atoms with Crippen LogP contribution in [0.25, 0.3) is 0 Å². The van der Waals surface area contributed by atoms with E-state index < -0.39 is 0 Å². The molecule has 0 aliphatic heterocycles. The van der Waals surface area contributed by atoms with Gasteiger partial charge in [0, 0.05) is 25.0 Å². The summed E-state index contributed by atoms with van der Waals surface area (Å²) in [5.41, 5.74) is 2.48. The summed E-state index contributed by atoms with van der Waals surface area (Å²) in [6.07, 6.45) is 0. The van der Waals surface area contributed by atoms with Crippen LogP contribution in [0.2, 0.25) is 0 Å². The normalized spacial score (nSPS) is 9.90. The molecule has 2 rings (SSSR count). The number of amides is 2. The predicted octanol–water partition coefficient (Wildman–Crippen LogP) is 3.19. The monoisotopic (exact) mass is 273 g/mol. The molecular formula is C15H16FN3O. The second-order valence-electron chi connectivity index (χ2n) is 4.26. The van der Waals surface area contributed by atoms with E-state index >= 15 is 0 Å². The Morgan fingerprint density at radius 2 is 1.80 bits per heavy atom. The maximum absolute atomic E-state index is 13.0. The summed E-state index contributed by atoms with van der Waals surface area (Å²) in [5, 5.41) is 8.34. The average Bonchev–Trinajstić information content (AvgIpc) is 2.46. The van der Waals surface area contributed by atoms with E-state index in [1.54, 1.807) is 25.2 Å². The van der Waals surface area contributed by atoms with Crippen molar-refractivity contribution in [2.45, 2.75) is 6.54 Å². The number of halogens is 1. The molecule has 0 atom stereocenters. The van der Waals surface area contributed by atoms with Crippen molar-refractivity contribution in [2.24, 2.45) is 0 Å². The molecule has 5 heteroatoms. The molecule has 2 aromatic carbocycles. The second kappa shape index (κ2) is 6.56. The summed E-state index contributed by atoms with van der Waals surface area (Å²) >= 11 is 0. The highest BCUT2D eigenvalue weighted by Gasteiger charge is 1.99. The van der Waals surface area contributed by atoms with Crippen molar-refractivity contribution in [3.63, 3.8) is 0 Å². The Hall–Kier alpha value is -2.56. The highest BCUT2D eigenvalue weighted by molar-refractivity contribution is 5.89. The summed E-state index contributed by atoms with van der Waals surface area (Å²) in [4.78, 5) is 11.1. The molecule has 0 radical (unpaired) electrons. The summed E-state index contributed by atoms with van der Waals surface area (Å²) in [6.45, 7) is 0.542. The van der Waals surface area contributed by atoms with Gasteiger partial charge in [-0.3, -0.25) is 0 Å². The van der Waals surface area contributed by atoms with Gasteiger partial charge < -0.3 is 16.0 Å². The van der Waals surface area contributed by atoms with Crippen LogP contribution in [0.5, 0.6) is 0 Å². The third-order valence-corrected chi connectivity index (χ3v) is 2.76. The standard InChI is InChI=1S/C15H16FN3O/c1-17-15(20)19-14-7-5-13(6-8-14)18-10-11-3-2-4-12(16)9-11/h2-9,18H,10H2,1H3,(H2,17,19,20). The van der Waals surface area contributed by atoms with E-state index in [0.29, 0.717) is 12.2 Å². The van der Waals surface area contributed by atoms with Gasteiger partial charge in [-0.15, -0.1) is 0 Å². The van der Waals surface area contributed by atoms with Crippen LogP contribution < -0.4 is 16.0 Å². The molecule has 20 heavy (non-hydrogen) atoms. The number of carbonyl (C=O) groups is 1. The number of urea groups is 1. The lowest BCUT2D eigenvalue weighted by Crippen LogP contribution is -2.24. The molecular weight excluding hydrogens is 257 g/mol. The van der Waals surface area contributed by atoms with Gasteiger partial charge in [-0.1, -0.05) is 12.1 Å². The van der Waals surface area contributed by atoms with Crippen LogP contribution in [0.4, 0.5) is 20.6 Å². The van der Waals surface area contributed by atoms with E-state index in [0.717, 1.165) is 11.3 Å². The van der Waals surface area contributed by atoms with Crippen molar-refractivity contribution in [1.82, 2.24) is 5.32 Å². The first kappa shape index (κ1) is 13.9. The lowest BCUT2D eigenvalue weighted by Gasteiger charge is -2.08. The fraction of sp³-hybridized carbons (Fsp3) is 0.133. The van der Waals surface area contributed by atoms with Crippen LogP contribution in [0, 0.1) is 5.82 Å². The van der Waals surface area contributed by atoms with Gasteiger partial charge in [-0.25, -0.2) is 9.18 Å². The fourth-order valence-electron chi connectivity index (χ4n) is 1.72. The highest BCUT2D eigenvalue weighted by Crippen LogP contribution is 2.14. The quantitative estimate of drug-likeness (QED) is 0.801. The Kier molecular flexibility index (Phi) is 4.55.